The number of aromatic nitrogens is 1. The van der Waals surface area contributed by atoms with Crippen LogP contribution in [0.5, 0.6) is 0 Å². The molecule has 2 N–H and O–H groups in total. The monoisotopic (exact) mass is 452 g/mol. The van der Waals surface area contributed by atoms with Crippen molar-refractivity contribution in [3.05, 3.63) is 11.6 Å². The summed E-state index contributed by atoms with van der Waals surface area (Å²) in [5, 5.41) is 3.13. The highest BCUT2D eigenvalue weighted by Crippen LogP contribution is 2.18. The maximum Gasteiger partial charge on any atom is 0.191 e. The van der Waals surface area contributed by atoms with Gasteiger partial charge in [-0.05, 0) is 19.5 Å². The molecule has 1 fully saturated rings. The first-order chi connectivity index (χ1) is 10.7. The Morgan fingerprint density at radius 3 is 2.61 bits per heavy atom. The van der Waals surface area contributed by atoms with E-state index in [9.17, 15) is 0 Å². The molecule has 1 aromatic rings. The topological polar surface area (TPSA) is 61.0 Å². The highest BCUT2D eigenvalue weighted by molar-refractivity contribution is 14.0. The van der Waals surface area contributed by atoms with E-state index in [4.69, 9.17) is 5.73 Å². The Hall–Kier alpha value is -0.610. The summed E-state index contributed by atoms with van der Waals surface area (Å²) in [5.41, 5.74) is 6.14. The fraction of sp³-hybridized carbons (Fsp3) is 0.733. The van der Waals surface area contributed by atoms with Crippen LogP contribution in [0.25, 0.3) is 0 Å². The minimum Gasteiger partial charge on any atom is -0.370 e. The molecule has 132 valence electrons. The molecule has 0 aromatic carbocycles. The molecule has 0 bridgehead atoms. The summed E-state index contributed by atoms with van der Waals surface area (Å²) in [7, 11) is 0. The predicted octanol–water partition coefficient (Wildman–Crippen LogP) is 1.93. The zero-order valence-electron chi connectivity index (χ0n) is 14.1. The van der Waals surface area contributed by atoms with Crippen LogP contribution in [0.4, 0.5) is 5.13 Å². The van der Waals surface area contributed by atoms with Gasteiger partial charge in [0.25, 0.3) is 0 Å². The molecule has 0 aliphatic carbocycles. The van der Waals surface area contributed by atoms with Gasteiger partial charge in [-0.3, -0.25) is 4.99 Å². The number of hydrogen-bond donors (Lipinski definition) is 1. The molecule has 6 nitrogen and oxygen atoms in total. The molecular weight excluding hydrogens is 423 g/mol. The van der Waals surface area contributed by atoms with Crippen molar-refractivity contribution < 1.29 is 0 Å². The van der Waals surface area contributed by atoms with Crippen LogP contribution in [0.1, 0.15) is 20.3 Å². The summed E-state index contributed by atoms with van der Waals surface area (Å²) < 4.78 is 0. The van der Waals surface area contributed by atoms with Crippen molar-refractivity contribution in [2.75, 3.05) is 57.3 Å². The molecule has 0 saturated carbocycles. The molecule has 0 radical (unpaired) electrons. The zero-order valence-corrected chi connectivity index (χ0v) is 17.3. The molecular formula is C15H29IN6S. The van der Waals surface area contributed by atoms with Crippen molar-refractivity contribution in [2.24, 2.45) is 10.7 Å². The van der Waals surface area contributed by atoms with E-state index in [0.717, 1.165) is 57.5 Å². The number of hydrogen-bond acceptors (Lipinski definition) is 5. The first kappa shape index (κ1) is 20.4. The molecule has 1 aliphatic heterocycles. The van der Waals surface area contributed by atoms with Gasteiger partial charge >= 0.3 is 0 Å². The number of rotatable bonds is 7. The van der Waals surface area contributed by atoms with Crippen LogP contribution in [0.15, 0.2) is 16.6 Å². The molecule has 0 unspecified atom stereocenters. The fourth-order valence-electron chi connectivity index (χ4n) is 2.65. The van der Waals surface area contributed by atoms with Gasteiger partial charge in [-0.25, -0.2) is 4.98 Å². The van der Waals surface area contributed by atoms with Crippen LogP contribution >= 0.6 is 35.3 Å². The van der Waals surface area contributed by atoms with Crippen molar-refractivity contribution in [3.63, 3.8) is 0 Å². The number of piperazine rings is 1. The standard InChI is InChI=1S/C15H28N6S.HI/c1-3-7-19(4-2)8-5-17-14(16)20-9-11-21(12-10-20)15-18-6-13-22-15;/h6,13H,3-5,7-12H2,1-2H3,(H2,16,17);1H. The zero-order chi connectivity index (χ0) is 15.8. The Balaban J connectivity index is 0.00000264. The lowest BCUT2D eigenvalue weighted by Crippen LogP contribution is -2.51. The van der Waals surface area contributed by atoms with E-state index < -0.39 is 0 Å². The molecule has 1 aromatic heterocycles. The van der Waals surface area contributed by atoms with Crippen molar-refractivity contribution >= 4 is 46.4 Å². The SMILES string of the molecule is CCCN(CC)CCN=C(N)N1CCN(c2nccs2)CC1.I. The van der Waals surface area contributed by atoms with Crippen LogP contribution in [0, 0.1) is 0 Å². The average molecular weight is 452 g/mol. The van der Waals surface area contributed by atoms with Crippen molar-refractivity contribution in [1.82, 2.24) is 14.8 Å². The number of nitrogens with two attached hydrogens (primary N) is 1. The summed E-state index contributed by atoms with van der Waals surface area (Å²) >= 11 is 1.69. The second-order valence-electron chi connectivity index (χ2n) is 5.46. The maximum absolute atomic E-state index is 6.14. The Labute approximate surface area is 160 Å². The third-order valence-corrected chi connectivity index (χ3v) is 4.80. The van der Waals surface area contributed by atoms with Crippen LogP contribution < -0.4 is 10.6 Å². The molecule has 2 rings (SSSR count). The Morgan fingerprint density at radius 2 is 2.04 bits per heavy atom. The average Bonchev–Trinajstić information content (AvgIpc) is 3.08. The van der Waals surface area contributed by atoms with Gasteiger partial charge in [0.1, 0.15) is 0 Å². The molecule has 1 aliphatic rings. The van der Waals surface area contributed by atoms with Gasteiger partial charge in [-0.15, -0.1) is 35.3 Å². The molecule has 0 amide bonds. The Morgan fingerprint density at radius 1 is 1.30 bits per heavy atom. The molecule has 8 heteroatoms. The van der Waals surface area contributed by atoms with Gasteiger partial charge < -0.3 is 20.4 Å². The van der Waals surface area contributed by atoms with Gasteiger partial charge in [-0.1, -0.05) is 13.8 Å². The van der Waals surface area contributed by atoms with Gasteiger partial charge in [0.15, 0.2) is 11.1 Å². The number of aliphatic imine (C=N–C) groups is 1. The Bertz CT molecular complexity index is 445. The van der Waals surface area contributed by atoms with Gasteiger partial charge in [0.05, 0.1) is 6.54 Å². The summed E-state index contributed by atoms with van der Waals surface area (Å²) in [6.45, 7) is 12.2. The lowest BCUT2D eigenvalue weighted by molar-refractivity contribution is 0.296. The van der Waals surface area contributed by atoms with E-state index in [2.05, 4.69) is 38.5 Å². The minimum atomic E-state index is 0. The quantitative estimate of drug-likeness (QED) is 0.389. The third-order valence-electron chi connectivity index (χ3n) is 3.97. The van der Waals surface area contributed by atoms with Gasteiger partial charge in [0, 0.05) is 44.3 Å². The van der Waals surface area contributed by atoms with E-state index in [1.54, 1.807) is 11.3 Å². The van der Waals surface area contributed by atoms with Crippen LogP contribution in [0.3, 0.4) is 0 Å². The summed E-state index contributed by atoms with van der Waals surface area (Å²) in [5.74, 6) is 0.686. The van der Waals surface area contributed by atoms with Crippen molar-refractivity contribution in [1.29, 1.82) is 0 Å². The van der Waals surface area contributed by atoms with Crippen molar-refractivity contribution in [3.8, 4) is 0 Å². The molecule has 2 heterocycles. The first-order valence-corrected chi connectivity index (χ1v) is 9.04. The minimum absolute atomic E-state index is 0. The van der Waals surface area contributed by atoms with Crippen LogP contribution in [0.2, 0.25) is 0 Å². The Kier molecular flexibility index (Phi) is 9.80. The lowest BCUT2D eigenvalue weighted by Gasteiger charge is -2.35. The number of nitrogens with zero attached hydrogens (tertiary/aromatic N) is 5. The maximum atomic E-state index is 6.14. The molecule has 1 saturated heterocycles. The highest BCUT2D eigenvalue weighted by Gasteiger charge is 2.19. The van der Waals surface area contributed by atoms with E-state index in [0.29, 0.717) is 5.96 Å². The second-order valence-corrected chi connectivity index (χ2v) is 6.34. The number of anilines is 1. The second kappa shape index (κ2) is 11.0. The molecule has 0 spiro atoms. The molecule has 0 atom stereocenters. The van der Waals surface area contributed by atoms with E-state index in [-0.39, 0.29) is 24.0 Å². The van der Waals surface area contributed by atoms with Crippen LogP contribution in [-0.2, 0) is 0 Å². The third kappa shape index (κ3) is 6.42. The number of halogens is 1. The lowest BCUT2D eigenvalue weighted by atomic mass is 10.3. The van der Waals surface area contributed by atoms with E-state index >= 15 is 0 Å². The highest BCUT2D eigenvalue weighted by atomic mass is 127. The first-order valence-electron chi connectivity index (χ1n) is 8.16. The van der Waals surface area contributed by atoms with Crippen LogP contribution in [-0.4, -0.2) is 73.1 Å². The van der Waals surface area contributed by atoms with Gasteiger partial charge in [-0.2, -0.15) is 0 Å². The summed E-state index contributed by atoms with van der Waals surface area (Å²) in [4.78, 5) is 15.8. The number of likely N-dealkylation sites (N-methyl/N-ethyl adjacent to an activating group) is 1. The largest absolute Gasteiger partial charge is 0.370 e. The molecule has 23 heavy (non-hydrogen) atoms. The number of guanidine groups is 1. The number of thiazole rings is 1. The van der Waals surface area contributed by atoms with E-state index in [1.807, 2.05) is 11.6 Å². The van der Waals surface area contributed by atoms with Crippen molar-refractivity contribution in [2.45, 2.75) is 20.3 Å². The van der Waals surface area contributed by atoms with Gasteiger partial charge in [0.2, 0.25) is 0 Å². The van der Waals surface area contributed by atoms with E-state index in [1.165, 1.54) is 6.42 Å². The summed E-state index contributed by atoms with van der Waals surface area (Å²) in [6.07, 6.45) is 3.05. The smallest absolute Gasteiger partial charge is 0.191 e. The fourth-order valence-corrected chi connectivity index (χ4v) is 3.35. The summed E-state index contributed by atoms with van der Waals surface area (Å²) in [6, 6.07) is 0. The predicted molar refractivity (Wildman–Crippen MR) is 110 cm³/mol. The normalized spacial score (nSPS) is 15.9.